The van der Waals surface area contributed by atoms with Crippen molar-refractivity contribution in [1.29, 1.82) is 0 Å². The molecule has 3 nitrogen and oxygen atoms in total. The van der Waals surface area contributed by atoms with E-state index in [4.69, 9.17) is 9.47 Å². The number of ether oxygens (including phenoxy) is 2. The Kier molecular flexibility index (Phi) is 4.13. The summed E-state index contributed by atoms with van der Waals surface area (Å²) in [7, 11) is 1.42. The van der Waals surface area contributed by atoms with Crippen LogP contribution in [0.3, 0.4) is 0 Å². The molecular formula is C15H13FO3. The second-order valence-corrected chi connectivity index (χ2v) is 3.95. The van der Waals surface area contributed by atoms with Crippen molar-refractivity contribution in [3.8, 4) is 11.5 Å². The molecule has 2 aromatic carbocycles. The SMILES string of the molecule is COc1ccc(COc2cccc(C=O)c2)cc1F. The maximum Gasteiger partial charge on any atom is 0.165 e. The first kappa shape index (κ1) is 13.1. The first-order valence-corrected chi connectivity index (χ1v) is 5.73. The van der Waals surface area contributed by atoms with Crippen LogP contribution in [0.5, 0.6) is 11.5 Å². The zero-order valence-electron chi connectivity index (χ0n) is 10.4. The lowest BCUT2D eigenvalue weighted by atomic mass is 10.2. The Morgan fingerprint density at radius 1 is 1.21 bits per heavy atom. The van der Waals surface area contributed by atoms with Crippen molar-refractivity contribution >= 4 is 6.29 Å². The molecule has 98 valence electrons. The zero-order chi connectivity index (χ0) is 13.7. The number of halogens is 1. The minimum atomic E-state index is -0.426. The van der Waals surface area contributed by atoms with Gasteiger partial charge in [0, 0.05) is 5.56 Å². The van der Waals surface area contributed by atoms with Crippen LogP contribution in [0, 0.1) is 5.82 Å². The van der Waals surface area contributed by atoms with E-state index in [1.165, 1.54) is 13.2 Å². The number of benzene rings is 2. The average molecular weight is 260 g/mol. The molecule has 0 amide bonds. The van der Waals surface area contributed by atoms with Gasteiger partial charge in [0.15, 0.2) is 11.6 Å². The molecule has 0 radical (unpaired) electrons. The standard InChI is InChI=1S/C15H13FO3/c1-18-15-6-5-12(8-14(15)16)10-19-13-4-2-3-11(7-13)9-17/h2-9H,10H2,1H3. The third-order valence-corrected chi connectivity index (χ3v) is 2.62. The van der Waals surface area contributed by atoms with Gasteiger partial charge in [-0.2, -0.15) is 0 Å². The van der Waals surface area contributed by atoms with Crippen LogP contribution < -0.4 is 9.47 Å². The lowest BCUT2D eigenvalue weighted by Gasteiger charge is -2.08. The van der Waals surface area contributed by atoms with Gasteiger partial charge in [-0.05, 0) is 29.8 Å². The fourth-order valence-corrected chi connectivity index (χ4v) is 1.64. The van der Waals surface area contributed by atoms with E-state index in [-0.39, 0.29) is 12.4 Å². The van der Waals surface area contributed by atoms with Gasteiger partial charge in [0.1, 0.15) is 18.6 Å². The average Bonchev–Trinajstić information content (AvgIpc) is 2.45. The van der Waals surface area contributed by atoms with E-state index >= 15 is 0 Å². The topological polar surface area (TPSA) is 35.5 Å². The Balaban J connectivity index is 2.05. The number of hydrogen-bond donors (Lipinski definition) is 0. The fraction of sp³-hybridized carbons (Fsp3) is 0.133. The molecule has 2 aromatic rings. The smallest absolute Gasteiger partial charge is 0.165 e. The molecule has 19 heavy (non-hydrogen) atoms. The monoisotopic (exact) mass is 260 g/mol. The highest BCUT2D eigenvalue weighted by molar-refractivity contribution is 5.75. The highest BCUT2D eigenvalue weighted by Gasteiger charge is 2.04. The van der Waals surface area contributed by atoms with Gasteiger partial charge in [-0.1, -0.05) is 18.2 Å². The maximum atomic E-state index is 13.5. The van der Waals surface area contributed by atoms with Crippen molar-refractivity contribution in [2.24, 2.45) is 0 Å². The molecule has 0 atom stereocenters. The van der Waals surface area contributed by atoms with Gasteiger partial charge in [-0.25, -0.2) is 4.39 Å². The van der Waals surface area contributed by atoms with Crippen LogP contribution in [-0.4, -0.2) is 13.4 Å². The summed E-state index contributed by atoms with van der Waals surface area (Å²) in [5.41, 5.74) is 1.23. The minimum absolute atomic E-state index is 0.201. The lowest BCUT2D eigenvalue weighted by molar-refractivity contribution is 0.112. The highest BCUT2D eigenvalue weighted by Crippen LogP contribution is 2.19. The van der Waals surface area contributed by atoms with Crippen molar-refractivity contribution in [3.05, 3.63) is 59.4 Å². The third kappa shape index (κ3) is 3.31. The van der Waals surface area contributed by atoms with Gasteiger partial charge in [0.25, 0.3) is 0 Å². The Morgan fingerprint density at radius 2 is 2.05 bits per heavy atom. The van der Waals surface area contributed by atoms with E-state index in [0.29, 0.717) is 16.9 Å². The Morgan fingerprint density at radius 3 is 2.74 bits per heavy atom. The van der Waals surface area contributed by atoms with Gasteiger partial charge in [0.2, 0.25) is 0 Å². The zero-order valence-corrected chi connectivity index (χ0v) is 10.4. The molecule has 0 aliphatic carbocycles. The summed E-state index contributed by atoms with van der Waals surface area (Å²) in [5, 5.41) is 0. The van der Waals surface area contributed by atoms with Crippen LogP contribution in [-0.2, 0) is 6.61 Å². The van der Waals surface area contributed by atoms with Gasteiger partial charge < -0.3 is 9.47 Å². The molecule has 2 rings (SSSR count). The molecule has 0 saturated heterocycles. The van der Waals surface area contributed by atoms with Gasteiger partial charge in [-0.15, -0.1) is 0 Å². The van der Waals surface area contributed by atoms with Crippen LogP contribution >= 0.6 is 0 Å². The molecule has 0 N–H and O–H groups in total. The summed E-state index contributed by atoms with van der Waals surface area (Å²) < 4.78 is 23.8. The summed E-state index contributed by atoms with van der Waals surface area (Å²) in [6.07, 6.45) is 0.750. The molecule has 0 unspecified atom stereocenters. The summed E-state index contributed by atoms with van der Waals surface area (Å²) in [4.78, 5) is 10.6. The Bertz CT molecular complexity index is 581. The highest BCUT2D eigenvalue weighted by atomic mass is 19.1. The quantitative estimate of drug-likeness (QED) is 0.774. The molecule has 0 fully saturated rings. The van der Waals surface area contributed by atoms with E-state index < -0.39 is 5.82 Å². The third-order valence-electron chi connectivity index (χ3n) is 2.62. The van der Waals surface area contributed by atoms with E-state index in [2.05, 4.69) is 0 Å². The summed E-state index contributed by atoms with van der Waals surface area (Å²) in [6, 6.07) is 11.4. The van der Waals surface area contributed by atoms with Gasteiger partial charge >= 0.3 is 0 Å². The van der Waals surface area contributed by atoms with Crippen molar-refractivity contribution in [2.45, 2.75) is 6.61 Å². The molecular weight excluding hydrogens is 247 g/mol. The maximum absolute atomic E-state index is 13.5. The second-order valence-electron chi connectivity index (χ2n) is 3.95. The van der Waals surface area contributed by atoms with Gasteiger partial charge in [-0.3, -0.25) is 4.79 Å². The summed E-state index contributed by atoms with van der Waals surface area (Å²) in [5.74, 6) is 0.345. The molecule has 4 heteroatoms. The van der Waals surface area contributed by atoms with Crippen LogP contribution in [0.15, 0.2) is 42.5 Å². The second kappa shape index (κ2) is 6.00. The predicted molar refractivity (Wildman–Crippen MR) is 69.1 cm³/mol. The van der Waals surface area contributed by atoms with Crippen LogP contribution in [0.2, 0.25) is 0 Å². The van der Waals surface area contributed by atoms with E-state index in [0.717, 1.165) is 6.29 Å². The van der Waals surface area contributed by atoms with Crippen LogP contribution in [0.25, 0.3) is 0 Å². The number of rotatable bonds is 5. The van der Waals surface area contributed by atoms with Crippen molar-refractivity contribution in [2.75, 3.05) is 7.11 Å². The minimum Gasteiger partial charge on any atom is -0.494 e. The first-order valence-electron chi connectivity index (χ1n) is 5.73. The number of hydrogen-bond acceptors (Lipinski definition) is 3. The van der Waals surface area contributed by atoms with Crippen LogP contribution in [0.1, 0.15) is 15.9 Å². The first-order chi connectivity index (χ1) is 9.22. The summed E-state index contributed by atoms with van der Waals surface area (Å²) >= 11 is 0. The normalized spacial score (nSPS) is 10.0. The molecule has 0 bridgehead atoms. The molecule has 0 saturated carbocycles. The Hall–Kier alpha value is -2.36. The Labute approximate surface area is 110 Å². The van der Waals surface area contributed by atoms with Crippen LogP contribution in [0.4, 0.5) is 4.39 Å². The van der Waals surface area contributed by atoms with E-state index in [9.17, 15) is 9.18 Å². The van der Waals surface area contributed by atoms with E-state index in [1.807, 2.05) is 0 Å². The molecule has 0 aliphatic heterocycles. The largest absolute Gasteiger partial charge is 0.494 e. The predicted octanol–water partition coefficient (Wildman–Crippen LogP) is 3.23. The molecule has 0 heterocycles. The van der Waals surface area contributed by atoms with E-state index in [1.54, 1.807) is 36.4 Å². The summed E-state index contributed by atoms with van der Waals surface area (Å²) in [6.45, 7) is 0.225. The lowest BCUT2D eigenvalue weighted by Crippen LogP contribution is -1.97. The number of carbonyl (C=O) groups is 1. The van der Waals surface area contributed by atoms with Crippen molar-refractivity contribution < 1.29 is 18.7 Å². The molecule has 0 aliphatic rings. The molecule has 0 aromatic heterocycles. The molecule has 0 spiro atoms. The van der Waals surface area contributed by atoms with Crippen molar-refractivity contribution in [1.82, 2.24) is 0 Å². The number of methoxy groups -OCH3 is 1. The fourth-order valence-electron chi connectivity index (χ4n) is 1.64. The van der Waals surface area contributed by atoms with Crippen molar-refractivity contribution in [3.63, 3.8) is 0 Å². The van der Waals surface area contributed by atoms with Gasteiger partial charge in [0.05, 0.1) is 7.11 Å². The number of aldehydes is 1. The number of carbonyl (C=O) groups excluding carboxylic acids is 1.